The first kappa shape index (κ1) is 21.0. The lowest BCUT2D eigenvalue weighted by atomic mass is 9.80. The summed E-state index contributed by atoms with van der Waals surface area (Å²) in [5.41, 5.74) is 14.9. The standard InChI is InChI=1S/C29H29N3O2/c1-34-21-13-11-18(12-14-21)17-32-24-10-6-5-9-22(24)26-28(30)27-23(31-29(26)32)15-20(16-25(27)33)19-7-3-2-4-8-19/h2-4,7-8,11-14,20H,5-6,9-10,15-17H2,1H3,(H2,30,31). The van der Waals surface area contributed by atoms with E-state index in [1.807, 2.05) is 30.3 Å². The third kappa shape index (κ3) is 3.38. The summed E-state index contributed by atoms with van der Waals surface area (Å²) >= 11 is 0. The number of benzene rings is 2. The molecule has 2 aromatic heterocycles. The van der Waals surface area contributed by atoms with Crippen LogP contribution in [0.3, 0.4) is 0 Å². The lowest BCUT2D eigenvalue weighted by Gasteiger charge is -2.25. The van der Waals surface area contributed by atoms with E-state index in [0.29, 0.717) is 17.7 Å². The molecule has 1 unspecified atom stereocenters. The fraction of sp³-hybridized carbons (Fsp3) is 0.310. The van der Waals surface area contributed by atoms with Gasteiger partial charge in [0.05, 0.1) is 24.1 Å². The zero-order chi connectivity index (χ0) is 23.2. The van der Waals surface area contributed by atoms with Gasteiger partial charge in [-0.2, -0.15) is 0 Å². The van der Waals surface area contributed by atoms with Gasteiger partial charge in [0.2, 0.25) is 0 Å². The average Bonchev–Trinajstić information content (AvgIpc) is 3.18. The van der Waals surface area contributed by atoms with Gasteiger partial charge in [-0.05, 0) is 66.8 Å². The summed E-state index contributed by atoms with van der Waals surface area (Å²) in [5, 5.41) is 1.01. The van der Waals surface area contributed by atoms with Gasteiger partial charge >= 0.3 is 0 Å². The number of methoxy groups -OCH3 is 1. The van der Waals surface area contributed by atoms with Crippen LogP contribution in [0.4, 0.5) is 5.69 Å². The summed E-state index contributed by atoms with van der Waals surface area (Å²) in [7, 11) is 1.69. The highest BCUT2D eigenvalue weighted by Crippen LogP contribution is 2.41. The number of pyridine rings is 1. The van der Waals surface area contributed by atoms with Crippen LogP contribution in [0.5, 0.6) is 5.75 Å². The molecular weight excluding hydrogens is 422 g/mol. The minimum Gasteiger partial charge on any atom is -0.497 e. The van der Waals surface area contributed by atoms with Crippen molar-refractivity contribution in [3.05, 3.63) is 88.2 Å². The van der Waals surface area contributed by atoms with Gasteiger partial charge in [-0.25, -0.2) is 4.98 Å². The molecule has 2 aliphatic carbocycles. The average molecular weight is 452 g/mol. The Kier molecular flexibility index (Phi) is 5.13. The van der Waals surface area contributed by atoms with E-state index in [1.165, 1.54) is 28.8 Å². The molecule has 2 aliphatic rings. The second kappa shape index (κ2) is 8.32. The fourth-order valence-electron chi connectivity index (χ4n) is 5.85. The molecule has 0 spiro atoms. The number of nitrogen functional groups attached to an aromatic ring is 1. The number of ether oxygens (including phenoxy) is 1. The first-order chi connectivity index (χ1) is 16.6. The summed E-state index contributed by atoms with van der Waals surface area (Å²) in [5.74, 6) is 1.12. The molecule has 0 bridgehead atoms. The first-order valence-electron chi connectivity index (χ1n) is 12.2. The zero-order valence-corrected chi connectivity index (χ0v) is 19.5. The van der Waals surface area contributed by atoms with Crippen molar-refractivity contribution >= 4 is 22.5 Å². The van der Waals surface area contributed by atoms with Gasteiger partial charge in [-0.15, -0.1) is 0 Å². The van der Waals surface area contributed by atoms with Crippen LogP contribution >= 0.6 is 0 Å². The van der Waals surface area contributed by atoms with Crippen molar-refractivity contribution in [2.24, 2.45) is 0 Å². The molecule has 2 aromatic carbocycles. The number of carbonyl (C=O) groups excluding carboxylic acids is 1. The summed E-state index contributed by atoms with van der Waals surface area (Å²) in [6.07, 6.45) is 5.56. The van der Waals surface area contributed by atoms with Crippen LogP contribution in [0.15, 0.2) is 54.6 Å². The molecule has 0 aliphatic heterocycles. The van der Waals surface area contributed by atoms with E-state index < -0.39 is 0 Å². The highest BCUT2D eigenvalue weighted by molar-refractivity contribution is 6.10. The number of anilines is 1. The van der Waals surface area contributed by atoms with E-state index in [2.05, 4.69) is 28.8 Å². The predicted molar refractivity (Wildman–Crippen MR) is 135 cm³/mol. The van der Waals surface area contributed by atoms with Crippen LogP contribution in [0.2, 0.25) is 0 Å². The van der Waals surface area contributed by atoms with Crippen molar-refractivity contribution in [2.75, 3.05) is 12.8 Å². The molecule has 4 aromatic rings. The molecule has 2 heterocycles. The molecule has 0 fully saturated rings. The number of aromatic nitrogens is 2. The van der Waals surface area contributed by atoms with Gasteiger partial charge in [-0.1, -0.05) is 42.5 Å². The minimum absolute atomic E-state index is 0.120. The van der Waals surface area contributed by atoms with Crippen LogP contribution in [0.25, 0.3) is 11.0 Å². The van der Waals surface area contributed by atoms with Crippen molar-refractivity contribution in [3.8, 4) is 5.75 Å². The highest BCUT2D eigenvalue weighted by Gasteiger charge is 2.33. The minimum atomic E-state index is 0.120. The molecule has 2 N–H and O–H groups in total. The molecule has 0 saturated carbocycles. The normalized spacial score (nSPS) is 17.4. The largest absolute Gasteiger partial charge is 0.497 e. The van der Waals surface area contributed by atoms with E-state index in [4.69, 9.17) is 15.5 Å². The number of nitrogens with two attached hydrogens (primary N) is 1. The molecule has 0 saturated heterocycles. The summed E-state index contributed by atoms with van der Waals surface area (Å²) < 4.78 is 7.68. The Labute approximate surface area is 199 Å². The van der Waals surface area contributed by atoms with Crippen molar-refractivity contribution in [1.82, 2.24) is 9.55 Å². The second-order valence-electron chi connectivity index (χ2n) is 9.55. The maximum Gasteiger partial charge on any atom is 0.167 e. The third-order valence-corrected chi connectivity index (χ3v) is 7.53. The van der Waals surface area contributed by atoms with Crippen molar-refractivity contribution in [2.45, 2.75) is 51.0 Å². The molecule has 1 atom stereocenters. The van der Waals surface area contributed by atoms with E-state index in [9.17, 15) is 4.79 Å². The van der Waals surface area contributed by atoms with Crippen molar-refractivity contribution in [1.29, 1.82) is 0 Å². The van der Waals surface area contributed by atoms with Crippen LogP contribution in [-0.2, 0) is 25.8 Å². The topological polar surface area (TPSA) is 70.1 Å². The smallest absolute Gasteiger partial charge is 0.167 e. The molecule has 172 valence electrons. The fourth-order valence-corrected chi connectivity index (χ4v) is 5.85. The monoisotopic (exact) mass is 451 g/mol. The Morgan fingerprint density at radius 3 is 2.56 bits per heavy atom. The van der Waals surface area contributed by atoms with Gasteiger partial charge < -0.3 is 15.0 Å². The third-order valence-electron chi connectivity index (χ3n) is 7.53. The number of ketones is 1. The quantitative estimate of drug-likeness (QED) is 0.447. The lowest BCUT2D eigenvalue weighted by molar-refractivity contribution is 0.0964. The summed E-state index contributed by atoms with van der Waals surface area (Å²) in [4.78, 5) is 18.5. The van der Waals surface area contributed by atoms with Crippen LogP contribution in [-0.4, -0.2) is 22.4 Å². The Morgan fingerprint density at radius 2 is 1.79 bits per heavy atom. The number of Topliss-reactive ketones (excluding diaryl/α,β-unsaturated/α-hetero) is 1. The number of nitrogens with zero attached hydrogens (tertiary/aromatic N) is 2. The maximum absolute atomic E-state index is 13.3. The van der Waals surface area contributed by atoms with Crippen molar-refractivity contribution in [3.63, 3.8) is 0 Å². The SMILES string of the molecule is COc1ccc(Cn2c3c(c4c(N)c5c(nc42)CC(c2ccccc2)CC5=O)CCCC3)cc1. The Bertz CT molecular complexity index is 1390. The van der Waals surface area contributed by atoms with Gasteiger partial charge in [0.15, 0.2) is 5.78 Å². The molecule has 5 nitrogen and oxygen atoms in total. The first-order valence-corrected chi connectivity index (χ1v) is 12.2. The van der Waals surface area contributed by atoms with Crippen molar-refractivity contribution < 1.29 is 9.53 Å². The summed E-state index contributed by atoms with van der Waals surface area (Å²) in [6, 6.07) is 18.5. The maximum atomic E-state index is 13.3. The Hall–Kier alpha value is -3.60. The van der Waals surface area contributed by atoms with Crippen LogP contribution in [0, 0.1) is 0 Å². The molecular formula is C29H29N3O2. The number of aryl methyl sites for hydroxylation is 1. The summed E-state index contributed by atoms with van der Waals surface area (Å²) in [6.45, 7) is 0.733. The number of rotatable bonds is 4. The second-order valence-corrected chi connectivity index (χ2v) is 9.55. The Morgan fingerprint density at radius 1 is 1.03 bits per heavy atom. The van der Waals surface area contributed by atoms with Gasteiger partial charge in [0.25, 0.3) is 0 Å². The highest BCUT2D eigenvalue weighted by atomic mass is 16.5. The molecule has 34 heavy (non-hydrogen) atoms. The molecule has 6 rings (SSSR count). The zero-order valence-electron chi connectivity index (χ0n) is 19.5. The molecule has 0 radical (unpaired) electrons. The number of fused-ring (bicyclic) bond motifs is 4. The van der Waals surface area contributed by atoms with Gasteiger partial charge in [0, 0.05) is 24.0 Å². The number of hydrogen-bond donors (Lipinski definition) is 1. The van der Waals surface area contributed by atoms with E-state index in [-0.39, 0.29) is 11.7 Å². The van der Waals surface area contributed by atoms with E-state index >= 15 is 0 Å². The van der Waals surface area contributed by atoms with Gasteiger partial charge in [0.1, 0.15) is 11.4 Å². The van der Waals surface area contributed by atoms with Crippen LogP contribution < -0.4 is 10.5 Å². The molecule has 5 heteroatoms. The Balaban J connectivity index is 1.50. The van der Waals surface area contributed by atoms with Crippen LogP contribution in [0.1, 0.15) is 63.6 Å². The van der Waals surface area contributed by atoms with Gasteiger partial charge in [-0.3, -0.25) is 4.79 Å². The van der Waals surface area contributed by atoms with E-state index in [1.54, 1.807) is 7.11 Å². The predicted octanol–water partition coefficient (Wildman–Crippen LogP) is 5.47. The van der Waals surface area contributed by atoms with E-state index in [0.717, 1.165) is 54.7 Å². The molecule has 0 amide bonds. The number of hydrogen-bond acceptors (Lipinski definition) is 4. The number of carbonyl (C=O) groups is 1. The lowest BCUT2D eigenvalue weighted by Crippen LogP contribution is -2.22.